The maximum Gasteiger partial charge on any atom is 0.265 e. The highest BCUT2D eigenvalue weighted by atomic mass is 32.1. The number of nitrogens with two attached hydrogens (primary N) is 1. The molecule has 0 aliphatic heterocycles. The molecular weight excluding hydrogens is 327 g/mol. The molecule has 0 radical (unpaired) electrons. The number of aromatic nitrogens is 2. The zero-order valence-corrected chi connectivity index (χ0v) is 13.7. The van der Waals surface area contributed by atoms with Crippen molar-refractivity contribution in [1.82, 2.24) is 14.7 Å². The Morgan fingerprint density at radius 1 is 1.21 bits per heavy atom. The molecule has 0 bridgehead atoms. The van der Waals surface area contributed by atoms with Gasteiger partial charge in [-0.25, -0.2) is 4.39 Å². The Hall–Kier alpha value is -2.80. The van der Waals surface area contributed by atoms with E-state index in [4.69, 9.17) is 5.73 Å². The number of benzene rings is 1. The molecule has 5 nitrogen and oxygen atoms in total. The van der Waals surface area contributed by atoms with Gasteiger partial charge in [-0.05, 0) is 48.3 Å². The Labute approximate surface area is 142 Å². The van der Waals surface area contributed by atoms with Gasteiger partial charge in [0.1, 0.15) is 16.4 Å². The van der Waals surface area contributed by atoms with Crippen molar-refractivity contribution >= 4 is 23.1 Å². The first-order valence-electron chi connectivity index (χ1n) is 7.28. The van der Waals surface area contributed by atoms with Crippen molar-refractivity contribution in [2.24, 2.45) is 0 Å². The van der Waals surface area contributed by atoms with Gasteiger partial charge in [-0.1, -0.05) is 12.1 Å². The summed E-state index contributed by atoms with van der Waals surface area (Å²) in [7, 11) is 0. The lowest BCUT2D eigenvalue weighted by Crippen LogP contribution is -2.26. The second-order valence-corrected chi connectivity index (χ2v) is 6.03. The monoisotopic (exact) mass is 342 g/mol. The number of carbonyl (C=O) groups excluding carboxylic acids is 1. The van der Waals surface area contributed by atoms with Crippen molar-refractivity contribution in [2.45, 2.75) is 13.0 Å². The highest BCUT2D eigenvalue weighted by molar-refractivity contribution is 7.09. The summed E-state index contributed by atoms with van der Waals surface area (Å²) < 4.78 is 17.3. The summed E-state index contributed by atoms with van der Waals surface area (Å²) in [5.41, 5.74) is 8.62. The molecule has 3 aromatic rings. The van der Waals surface area contributed by atoms with Crippen LogP contribution in [0.2, 0.25) is 0 Å². The number of carbonyl (C=O) groups is 1. The number of amides is 1. The molecule has 1 amide bonds. The second-order valence-electron chi connectivity index (χ2n) is 5.26. The Bertz CT molecular complexity index is 849. The summed E-state index contributed by atoms with van der Waals surface area (Å²) in [6.45, 7) is 1.83. The van der Waals surface area contributed by atoms with Gasteiger partial charge in [0.2, 0.25) is 0 Å². The number of anilines is 1. The summed E-state index contributed by atoms with van der Waals surface area (Å²) in [5.74, 6) is -0.617. The number of nitrogens with one attached hydrogen (secondary N) is 1. The number of nitrogens with zero attached hydrogens (tertiary/aromatic N) is 2. The minimum absolute atomic E-state index is 0.274. The topological polar surface area (TPSA) is 80.9 Å². The van der Waals surface area contributed by atoms with Crippen molar-refractivity contribution in [3.05, 3.63) is 65.0 Å². The molecule has 2 heterocycles. The van der Waals surface area contributed by atoms with Gasteiger partial charge in [0, 0.05) is 18.0 Å². The van der Waals surface area contributed by atoms with Gasteiger partial charge in [0.15, 0.2) is 0 Å². The van der Waals surface area contributed by atoms with E-state index in [1.807, 2.05) is 6.92 Å². The van der Waals surface area contributed by atoms with Gasteiger partial charge in [0.25, 0.3) is 5.91 Å². The van der Waals surface area contributed by atoms with Gasteiger partial charge < -0.3 is 11.1 Å². The normalized spacial score (nSPS) is 11.9. The number of nitrogen functional groups attached to an aromatic ring is 1. The number of halogens is 1. The quantitative estimate of drug-likeness (QED) is 0.761. The van der Waals surface area contributed by atoms with Crippen LogP contribution in [-0.2, 0) is 0 Å². The predicted octanol–water partition coefficient (Wildman–Crippen LogP) is 3.42. The molecule has 0 aliphatic rings. The Morgan fingerprint density at radius 2 is 1.88 bits per heavy atom. The van der Waals surface area contributed by atoms with Crippen LogP contribution in [0.25, 0.3) is 11.3 Å². The lowest BCUT2D eigenvalue weighted by atomic mass is 10.1. The summed E-state index contributed by atoms with van der Waals surface area (Å²) in [6, 6.07) is 9.30. The van der Waals surface area contributed by atoms with Crippen molar-refractivity contribution < 1.29 is 9.18 Å². The molecule has 24 heavy (non-hydrogen) atoms. The maximum atomic E-state index is 13.0. The van der Waals surface area contributed by atoms with E-state index in [1.54, 1.807) is 36.7 Å². The largest absolute Gasteiger partial charge is 0.396 e. The third-order valence-corrected chi connectivity index (χ3v) is 4.47. The zero-order chi connectivity index (χ0) is 17.1. The van der Waals surface area contributed by atoms with E-state index in [2.05, 4.69) is 14.7 Å². The lowest BCUT2D eigenvalue weighted by molar-refractivity contribution is 0.0945. The Morgan fingerprint density at radius 3 is 2.54 bits per heavy atom. The fraction of sp³-hybridized carbons (Fsp3) is 0.118. The van der Waals surface area contributed by atoms with Crippen LogP contribution in [-0.4, -0.2) is 15.3 Å². The summed E-state index contributed by atoms with van der Waals surface area (Å²) in [5, 5.41) is 2.85. The molecule has 3 N–H and O–H groups in total. The molecule has 0 unspecified atom stereocenters. The van der Waals surface area contributed by atoms with Gasteiger partial charge >= 0.3 is 0 Å². The van der Waals surface area contributed by atoms with Crippen LogP contribution in [0, 0.1) is 5.82 Å². The van der Waals surface area contributed by atoms with E-state index >= 15 is 0 Å². The molecule has 2 aromatic heterocycles. The first-order chi connectivity index (χ1) is 11.6. The first-order valence-corrected chi connectivity index (χ1v) is 8.05. The number of hydrogen-bond donors (Lipinski definition) is 2. The van der Waals surface area contributed by atoms with Gasteiger partial charge in [-0.2, -0.15) is 4.37 Å². The summed E-state index contributed by atoms with van der Waals surface area (Å²) >= 11 is 1.05. The van der Waals surface area contributed by atoms with Crippen molar-refractivity contribution in [1.29, 1.82) is 0 Å². The van der Waals surface area contributed by atoms with Gasteiger partial charge in [0.05, 0.1) is 11.7 Å². The fourth-order valence-corrected chi connectivity index (χ4v) is 3.00. The molecule has 3 rings (SSSR count). The maximum absolute atomic E-state index is 13.0. The first kappa shape index (κ1) is 16.1. The Balaban J connectivity index is 1.78. The van der Waals surface area contributed by atoms with Crippen LogP contribution in [0.15, 0.2) is 48.8 Å². The average molecular weight is 342 g/mol. The molecule has 0 aliphatic carbocycles. The Kier molecular flexibility index (Phi) is 4.52. The van der Waals surface area contributed by atoms with E-state index in [0.717, 1.165) is 22.7 Å². The van der Waals surface area contributed by atoms with Crippen LogP contribution >= 0.6 is 11.5 Å². The second kappa shape index (κ2) is 6.76. The van der Waals surface area contributed by atoms with E-state index in [9.17, 15) is 9.18 Å². The predicted molar refractivity (Wildman–Crippen MR) is 92.0 cm³/mol. The van der Waals surface area contributed by atoms with Crippen LogP contribution < -0.4 is 11.1 Å². The third kappa shape index (κ3) is 3.26. The summed E-state index contributed by atoms with van der Waals surface area (Å²) in [6.07, 6.45) is 3.29. The van der Waals surface area contributed by atoms with Crippen molar-refractivity contribution in [3.63, 3.8) is 0 Å². The van der Waals surface area contributed by atoms with Crippen molar-refractivity contribution in [2.75, 3.05) is 5.73 Å². The average Bonchev–Trinajstić information content (AvgIpc) is 2.98. The van der Waals surface area contributed by atoms with E-state index in [0.29, 0.717) is 16.3 Å². The molecule has 1 atom stereocenters. The summed E-state index contributed by atoms with van der Waals surface area (Å²) in [4.78, 5) is 16.8. The molecular formula is C17H15FN4OS. The van der Waals surface area contributed by atoms with E-state index in [1.165, 1.54) is 12.1 Å². The highest BCUT2D eigenvalue weighted by Gasteiger charge is 2.20. The fourth-order valence-electron chi connectivity index (χ4n) is 2.28. The zero-order valence-electron chi connectivity index (χ0n) is 12.9. The van der Waals surface area contributed by atoms with Gasteiger partial charge in [-0.3, -0.25) is 9.78 Å². The van der Waals surface area contributed by atoms with Crippen LogP contribution in [0.3, 0.4) is 0 Å². The van der Waals surface area contributed by atoms with E-state index in [-0.39, 0.29) is 17.8 Å². The smallest absolute Gasteiger partial charge is 0.265 e. The number of rotatable bonds is 4. The standard InChI is InChI=1S/C17H15FN4OS/c1-10(11-2-4-13(18)5-3-11)21-17(23)16-14(19)15(22-24-16)12-6-8-20-9-7-12/h2-10H,19H2,1H3,(H,21,23)/t10-/m1/s1. The molecule has 0 fully saturated rings. The SMILES string of the molecule is C[C@@H](NC(=O)c1snc(-c2ccncc2)c1N)c1ccc(F)cc1. The molecule has 1 aromatic carbocycles. The molecule has 0 saturated heterocycles. The molecule has 0 spiro atoms. The van der Waals surface area contributed by atoms with Crippen LogP contribution in [0.5, 0.6) is 0 Å². The minimum Gasteiger partial charge on any atom is -0.396 e. The minimum atomic E-state index is -0.314. The van der Waals surface area contributed by atoms with Crippen LogP contribution in [0.4, 0.5) is 10.1 Å². The molecule has 122 valence electrons. The lowest BCUT2D eigenvalue weighted by Gasteiger charge is -2.13. The number of hydrogen-bond acceptors (Lipinski definition) is 5. The van der Waals surface area contributed by atoms with Crippen molar-refractivity contribution in [3.8, 4) is 11.3 Å². The molecule has 0 saturated carbocycles. The molecule has 7 heteroatoms. The van der Waals surface area contributed by atoms with E-state index < -0.39 is 0 Å². The van der Waals surface area contributed by atoms with Crippen LogP contribution in [0.1, 0.15) is 28.2 Å². The highest BCUT2D eigenvalue weighted by Crippen LogP contribution is 2.30. The number of pyridine rings is 1. The third-order valence-electron chi connectivity index (χ3n) is 3.61. The van der Waals surface area contributed by atoms with Gasteiger partial charge in [-0.15, -0.1) is 0 Å².